The van der Waals surface area contributed by atoms with Crippen LogP contribution in [-0.2, 0) is 4.74 Å². The maximum atomic E-state index is 11.0. The molecule has 0 aliphatic carbocycles. The number of nitrogens with zero attached hydrogens (tertiary/aromatic N) is 3. The van der Waals surface area contributed by atoms with Gasteiger partial charge in [0.15, 0.2) is 6.29 Å². The van der Waals surface area contributed by atoms with E-state index in [1.165, 1.54) is 6.33 Å². The van der Waals surface area contributed by atoms with Gasteiger partial charge in [-0.3, -0.25) is 4.79 Å². The Hall–Kier alpha value is -1.20. The lowest BCUT2D eigenvalue weighted by atomic mass is 10.2. The number of morpholine rings is 1. The monoisotopic (exact) mass is 255 g/mol. The lowest BCUT2D eigenvalue weighted by molar-refractivity contribution is -0.00550. The third kappa shape index (κ3) is 2.56. The molecule has 0 spiro atoms. The molecule has 5 nitrogen and oxygen atoms in total. The minimum atomic E-state index is 0.104. The quantitative estimate of drug-likeness (QED) is 0.593. The second-order valence-electron chi connectivity index (χ2n) is 4.18. The van der Waals surface area contributed by atoms with Gasteiger partial charge in [-0.2, -0.15) is 0 Å². The SMILES string of the molecule is CC1CN(c2ncnc(Cl)c2C=O)CC(C)O1. The van der Waals surface area contributed by atoms with Crippen LogP contribution in [0, 0.1) is 0 Å². The molecule has 0 radical (unpaired) electrons. The molecule has 0 amide bonds. The number of aldehydes is 1. The fourth-order valence-corrected chi connectivity index (χ4v) is 2.24. The van der Waals surface area contributed by atoms with E-state index in [4.69, 9.17) is 16.3 Å². The number of carbonyl (C=O) groups excluding carboxylic acids is 1. The first-order chi connectivity index (χ1) is 8.11. The van der Waals surface area contributed by atoms with Crippen molar-refractivity contribution in [2.45, 2.75) is 26.1 Å². The zero-order valence-corrected chi connectivity index (χ0v) is 10.5. The van der Waals surface area contributed by atoms with Crippen LogP contribution in [0.1, 0.15) is 24.2 Å². The van der Waals surface area contributed by atoms with Gasteiger partial charge in [0.2, 0.25) is 0 Å². The van der Waals surface area contributed by atoms with Crippen LogP contribution in [0.3, 0.4) is 0 Å². The van der Waals surface area contributed by atoms with Gasteiger partial charge in [-0.15, -0.1) is 0 Å². The molecule has 2 atom stereocenters. The van der Waals surface area contributed by atoms with Crippen molar-refractivity contribution in [2.24, 2.45) is 0 Å². The van der Waals surface area contributed by atoms with E-state index in [2.05, 4.69) is 9.97 Å². The van der Waals surface area contributed by atoms with E-state index < -0.39 is 0 Å². The third-order valence-corrected chi connectivity index (χ3v) is 2.95. The van der Waals surface area contributed by atoms with Gasteiger partial charge in [0.25, 0.3) is 0 Å². The fourth-order valence-electron chi connectivity index (χ4n) is 2.07. The summed E-state index contributed by atoms with van der Waals surface area (Å²) < 4.78 is 5.64. The summed E-state index contributed by atoms with van der Waals surface area (Å²) in [5, 5.41) is 0.191. The molecule has 1 aromatic heterocycles. The Kier molecular flexibility index (Phi) is 3.59. The Bertz CT molecular complexity index is 417. The summed E-state index contributed by atoms with van der Waals surface area (Å²) in [6.07, 6.45) is 2.27. The van der Waals surface area contributed by atoms with E-state index in [-0.39, 0.29) is 17.4 Å². The topological polar surface area (TPSA) is 55.3 Å². The van der Waals surface area contributed by atoms with Crippen molar-refractivity contribution in [1.82, 2.24) is 9.97 Å². The summed E-state index contributed by atoms with van der Waals surface area (Å²) in [4.78, 5) is 21.0. The number of rotatable bonds is 2. The Balaban J connectivity index is 2.33. The summed E-state index contributed by atoms with van der Waals surface area (Å²) >= 11 is 5.88. The molecule has 17 heavy (non-hydrogen) atoms. The number of halogens is 1. The number of aromatic nitrogens is 2. The van der Waals surface area contributed by atoms with E-state index in [1.54, 1.807) is 0 Å². The zero-order chi connectivity index (χ0) is 12.4. The van der Waals surface area contributed by atoms with Crippen LogP contribution in [0.5, 0.6) is 0 Å². The van der Waals surface area contributed by atoms with Gasteiger partial charge >= 0.3 is 0 Å². The van der Waals surface area contributed by atoms with Gasteiger partial charge in [0, 0.05) is 13.1 Å². The van der Waals surface area contributed by atoms with Gasteiger partial charge in [0.05, 0.1) is 17.8 Å². The molecule has 0 bridgehead atoms. The average Bonchev–Trinajstić information content (AvgIpc) is 2.27. The predicted molar refractivity (Wildman–Crippen MR) is 64.7 cm³/mol. The second kappa shape index (κ2) is 4.98. The van der Waals surface area contributed by atoms with E-state index >= 15 is 0 Å². The number of hydrogen-bond donors (Lipinski definition) is 0. The summed E-state index contributed by atoms with van der Waals surface area (Å²) in [5.41, 5.74) is 0.343. The largest absolute Gasteiger partial charge is 0.372 e. The Morgan fingerprint density at radius 2 is 2.06 bits per heavy atom. The van der Waals surface area contributed by atoms with Crippen LogP contribution < -0.4 is 4.90 Å². The van der Waals surface area contributed by atoms with Crippen molar-refractivity contribution in [2.75, 3.05) is 18.0 Å². The first kappa shape index (κ1) is 12.3. The highest BCUT2D eigenvalue weighted by atomic mass is 35.5. The lowest BCUT2D eigenvalue weighted by Crippen LogP contribution is -2.46. The summed E-state index contributed by atoms with van der Waals surface area (Å²) in [7, 11) is 0. The number of anilines is 1. The molecule has 2 unspecified atom stereocenters. The Morgan fingerprint density at radius 3 is 2.65 bits per heavy atom. The molecule has 2 rings (SSSR count). The van der Waals surface area contributed by atoms with E-state index in [1.807, 2.05) is 18.7 Å². The number of carbonyl (C=O) groups is 1. The minimum Gasteiger partial charge on any atom is -0.372 e. The van der Waals surface area contributed by atoms with Crippen molar-refractivity contribution >= 4 is 23.7 Å². The molecule has 2 heterocycles. The predicted octanol–water partition coefficient (Wildman–Crippen LogP) is 1.56. The average molecular weight is 256 g/mol. The molecule has 0 aromatic carbocycles. The van der Waals surface area contributed by atoms with Gasteiger partial charge in [-0.25, -0.2) is 9.97 Å². The molecule has 92 valence electrons. The van der Waals surface area contributed by atoms with Crippen molar-refractivity contribution < 1.29 is 9.53 Å². The molecule has 0 saturated carbocycles. The van der Waals surface area contributed by atoms with Gasteiger partial charge < -0.3 is 9.64 Å². The minimum absolute atomic E-state index is 0.104. The molecule has 1 fully saturated rings. The van der Waals surface area contributed by atoms with Crippen molar-refractivity contribution in [3.63, 3.8) is 0 Å². The first-order valence-electron chi connectivity index (χ1n) is 5.48. The molecule has 0 N–H and O–H groups in total. The van der Waals surface area contributed by atoms with E-state index in [0.29, 0.717) is 30.8 Å². The van der Waals surface area contributed by atoms with Gasteiger partial charge in [-0.05, 0) is 13.8 Å². The molecular weight excluding hydrogens is 242 g/mol. The molecular formula is C11H14ClN3O2. The van der Waals surface area contributed by atoms with Gasteiger partial charge in [0.1, 0.15) is 17.3 Å². The van der Waals surface area contributed by atoms with E-state index in [9.17, 15) is 4.79 Å². The van der Waals surface area contributed by atoms with Crippen molar-refractivity contribution in [3.05, 3.63) is 17.0 Å². The van der Waals surface area contributed by atoms with Crippen LogP contribution in [-0.4, -0.2) is 41.6 Å². The maximum absolute atomic E-state index is 11.0. The molecule has 1 saturated heterocycles. The van der Waals surface area contributed by atoms with Crippen LogP contribution in [0.2, 0.25) is 5.15 Å². The zero-order valence-electron chi connectivity index (χ0n) is 9.76. The third-order valence-electron chi connectivity index (χ3n) is 2.65. The van der Waals surface area contributed by atoms with E-state index in [0.717, 1.165) is 0 Å². The fraction of sp³-hybridized carbons (Fsp3) is 0.545. The first-order valence-corrected chi connectivity index (χ1v) is 5.85. The number of hydrogen-bond acceptors (Lipinski definition) is 5. The van der Waals surface area contributed by atoms with Crippen molar-refractivity contribution in [3.8, 4) is 0 Å². The molecule has 1 aromatic rings. The second-order valence-corrected chi connectivity index (χ2v) is 4.54. The Morgan fingerprint density at radius 1 is 1.41 bits per heavy atom. The van der Waals surface area contributed by atoms with Crippen LogP contribution in [0.15, 0.2) is 6.33 Å². The van der Waals surface area contributed by atoms with Crippen LogP contribution in [0.4, 0.5) is 5.82 Å². The maximum Gasteiger partial charge on any atom is 0.156 e. The molecule has 6 heteroatoms. The summed E-state index contributed by atoms with van der Waals surface area (Å²) in [6, 6.07) is 0. The highest BCUT2D eigenvalue weighted by Crippen LogP contribution is 2.24. The van der Waals surface area contributed by atoms with Crippen molar-refractivity contribution in [1.29, 1.82) is 0 Å². The lowest BCUT2D eigenvalue weighted by Gasteiger charge is -2.36. The highest BCUT2D eigenvalue weighted by molar-refractivity contribution is 6.32. The normalized spacial score (nSPS) is 24.8. The standard InChI is InChI=1S/C11H14ClN3O2/c1-7-3-15(4-8(2)17-7)11-9(5-16)10(12)13-6-14-11/h5-8H,3-4H2,1-2H3. The highest BCUT2D eigenvalue weighted by Gasteiger charge is 2.25. The smallest absolute Gasteiger partial charge is 0.156 e. The van der Waals surface area contributed by atoms with Crippen LogP contribution in [0.25, 0.3) is 0 Å². The molecule has 1 aliphatic heterocycles. The summed E-state index contributed by atoms with van der Waals surface area (Å²) in [5.74, 6) is 0.585. The number of ether oxygens (including phenoxy) is 1. The van der Waals surface area contributed by atoms with Crippen LogP contribution >= 0.6 is 11.6 Å². The van der Waals surface area contributed by atoms with Gasteiger partial charge in [-0.1, -0.05) is 11.6 Å². The Labute approximate surface area is 105 Å². The molecule has 1 aliphatic rings. The summed E-state index contributed by atoms with van der Waals surface area (Å²) in [6.45, 7) is 5.37.